The van der Waals surface area contributed by atoms with Gasteiger partial charge in [-0.25, -0.2) is 0 Å². The van der Waals surface area contributed by atoms with E-state index in [-0.39, 0.29) is 0 Å². The largest absolute Gasteiger partial charge is 0.358 e. The predicted octanol–water partition coefficient (Wildman–Crippen LogP) is 1.05. The Morgan fingerprint density at radius 1 is 1.36 bits per heavy atom. The molecular formula is C9H10N2. The summed E-state index contributed by atoms with van der Waals surface area (Å²) < 4.78 is 0. The lowest BCUT2D eigenvalue weighted by molar-refractivity contribution is 1.07. The van der Waals surface area contributed by atoms with Crippen LogP contribution < -0.4 is 11.1 Å². The third-order valence-corrected chi connectivity index (χ3v) is 1.76. The molecule has 1 aliphatic rings. The van der Waals surface area contributed by atoms with E-state index in [1.807, 2.05) is 18.3 Å². The molecule has 0 unspecified atom stereocenters. The van der Waals surface area contributed by atoms with Crippen LogP contribution in [0.3, 0.4) is 0 Å². The summed E-state index contributed by atoms with van der Waals surface area (Å²) in [7, 11) is 0. The summed E-state index contributed by atoms with van der Waals surface area (Å²) >= 11 is 0. The summed E-state index contributed by atoms with van der Waals surface area (Å²) in [6.07, 6.45) is 1.98. The van der Waals surface area contributed by atoms with Gasteiger partial charge in [0.2, 0.25) is 0 Å². The quantitative estimate of drug-likeness (QED) is 0.655. The Kier molecular flexibility index (Phi) is 1.40. The molecule has 0 aliphatic carbocycles. The van der Waals surface area contributed by atoms with Crippen molar-refractivity contribution in [2.45, 2.75) is 6.54 Å². The molecule has 0 atom stereocenters. The summed E-state index contributed by atoms with van der Waals surface area (Å²) in [5, 5.41) is 3.05. The minimum Gasteiger partial charge on any atom is -0.358 e. The molecule has 3 N–H and O–H groups in total. The van der Waals surface area contributed by atoms with Crippen molar-refractivity contribution in [3.63, 3.8) is 0 Å². The van der Waals surface area contributed by atoms with Gasteiger partial charge in [-0.05, 0) is 17.2 Å². The second-order valence-corrected chi connectivity index (χ2v) is 2.61. The molecule has 1 heterocycles. The summed E-state index contributed by atoms with van der Waals surface area (Å²) in [4.78, 5) is 0. The highest BCUT2D eigenvalue weighted by Gasteiger charge is 2.08. The lowest BCUT2D eigenvalue weighted by atomic mass is 10.1. The van der Waals surface area contributed by atoms with Crippen LogP contribution in [-0.2, 0) is 6.54 Å². The van der Waals surface area contributed by atoms with Crippen LogP contribution in [0.4, 0.5) is 0 Å². The molecule has 11 heavy (non-hydrogen) atoms. The van der Waals surface area contributed by atoms with Gasteiger partial charge in [0.1, 0.15) is 0 Å². The topological polar surface area (TPSA) is 48.0 Å². The van der Waals surface area contributed by atoms with Gasteiger partial charge in [0.15, 0.2) is 0 Å². The maximum Gasteiger partial charge on any atom is 0.0617 e. The Balaban J connectivity index is 2.34. The predicted molar refractivity (Wildman–Crippen MR) is 45.4 cm³/mol. The highest BCUT2D eigenvalue weighted by molar-refractivity contribution is 5.74. The van der Waals surface area contributed by atoms with Crippen LogP contribution in [0.1, 0.15) is 11.1 Å². The minimum absolute atomic E-state index is 0.612. The third kappa shape index (κ3) is 1.25. The zero-order valence-corrected chi connectivity index (χ0v) is 6.17. The zero-order valence-electron chi connectivity index (χ0n) is 6.17. The van der Waals surface area contributed by atoms with Crippen molar-refractivity contribution in [3.05, 3.63) is 41.6 Å². The van der Waals surface area contributed by atoms with Gasteiger partial charge >= 0.3 is 0 Å². The second kappa shape index (κ2) is 2.40. The average molecular weight is 146 g/mol. The maximum atomic E-state index is 5.50. The van der Waals surface area contributed by atoms with E-state index in [0.717, 1.165) is 0 Å². The molecule has 1 aliphatic heterocycles. The van der Waals surface area contributed by atoms with E-state index in [0.29, 0.717) is 6.54 Å². The molecule has 0 saturated carbocycles. The van der Waals surface area contributed by atoms with Crippen molar-refractivity contribution < 1.29 is 0 Å². The van der Waals surface area contributed by atoms with Crippen LogP contribution in [0.15, 0.2) is 30.5 Å². The highest BCUT2D eigenvalue weighted by Crippen LogP contribution is 2.19. The summed E-state index contributed by atoms with van der Waals surface area (Å²) in [5.41, 5.74) is 9.12. The fraction of sp³-hybridized carbons (Fsp3) is 0.111. The zero-order chi connectivity index (χ0) is 7.68. The average Bonchev–Trinajstić information content (AvgIpc) is 2.87. The molecule has 0 radical (unpaired) electrons. The van der Waals surface area contributed by atoms with Crippen molar-refractivity contribution in [3.8, 4) is 0 Å². The molecule has 2 rings (SSSR count). The normalized spacial score (nSPS) is 13.7. The van der Waals surface area contributed by atoms with Gasteiger partial charge in [-0.2, -0.15) is 0 Å². The van der Waals surface area contributed by atoms with Crippen LogP contribution in [0, 0.1) is 0 Å². The van der Waals surface area contributed by atoms with E-state index in [2.05, 4.69) is 17.4 Å². The number of hydrogen-bond acceptors (Lipinski definition) is 2. The molecule has 56 valence electrons. The Morgan fingerprint density at radius 2 is 2.18 bits per heavy atom. The van der Waals surface area contributed by atoms with Gasteiger partial charge in [0.05, 0.1) is 5.70 Å². The first-order valence-electron chi connectivity index (χ1n) is 3.66. The fourth-order valence-corrected chi connectivity index (χ4v) is 1.07. The Bertz CT molecular complexity index is 302. The third-order valence-electron chi connectivity index (χ3n) is 1.76. The van der Waals surface area contributed by atoms with E-state index in [9.17, 15) is 0 Å². The van der Waals surface area contributed by atoms with Gasteiger partial charge in [-0.1, -0.05) is 18.2 Å². The second-order valence-electron chi connectivity index (χ2n) is 2.61. The number of hydrogen-bond donors (Lipinski definition) is 2. The first-order chi connectivity index (χ1) is 5.40. The maximum absolute atomic E-state index is 5.50. The molecule has 0 fully saturated rings. The van der Waals surface area contributed by atoms with E-state index in [4.69, 9.17) is 5.73 Å². The summed E-state index contributed by atoms with van der Waals surface area (Å²) in [6.45, 7) is 0.612. The number of nitrogens with two attached hydrogens (primary N) is 1. The molecular weight excluding hydrogens is 136 g/mol. The van der Waals surface area contributed by atoms with Gasteiger partial charge in [0.25, 0.3) is 0 Å². The Hall–Kier alpha value is -1.28. The van der Waals surface area contributed by atoms with Gasteiger partial charge in [-0.15, -0.1) is 0 Å². The smallest absolute Gasteiger partial charge is 0.0617 e. The minimum atomic E-state index is 0.612. The summed E-state index contributed by atoms with van der Waals surface area (Å²) in [5.74, 6) is 0. The van der Waals surface area contributed by atoms with Crippen molar-refractivity contribution in [2.75, 3.05) is 0 Å². The number of benzene rings is 1. The summed E-state index contributed by atoms with van der Waals surface area (Å²) in [6, 6.07) is 8.24. The Morgan fingerprint density at radius 3 is 2.82 bits per heavy atom. The molecule has 0 saturated heterocycles. The molecule has 2 nitrogen and oxygen atoms in total. The van der Waals surface area contributed by atoms with E-state index in [1.54, 1.807) is 0 Å². The van der Waals surface area contributed by atoms with Gasteiger partial charge in [0, 0.05) is 12.7 Å². The van der Waals surface area contributed by atoms with Crippen molar-refractivity contribution in [1.82, 2.24) is 5.32 Å². The van der Waals surface area contributed by atoms with Crippen LogP contribution in [-0.4, -0.2) is 0 Å². The monoisotopic (exact) mass is 146 g/mol. The molecule has 2 heteroatoms. The first-order valence-corrected chi connectivity index (χ1v) is 3.66. The molecule has 1 aromatic rings. The molecule has 1 aromatic carbocycles. The molecule has 0 amide bonds. The fourth-order valence-electron chi connectivity index (χ4n) is 1.07. The van der Waals surface area contributed by atoms with Crippen LogP contribution in [0.5, 0.6) is 0 Å². The highest BCUT2D eigenvalue weighted by atomic mass is 15.0. The van der Waals surface area contributed by atoms with E-state index in [1.165, 1.54) is 16.8 Å². The van der Waals surface area contributed by atoms with Gasteiger partial charge < -0.3 is 11.1 Å². The molecule has 0 spiro atoms. The van der Waals surface area contributed by atoms with E-state index >= 15 is 0 Å². The van der Waals surface area contributed by atoms with Gasteiger partial charge in [-0.3, -0.25) is 0 Å². The lowest BCUT2D eigenvalue weighted by Gasteiger charge is -1.97. The van der Waals surface area contributed by atoms with Crippen molar-refractivity contribution >= 4 is 5.70 Å². The SMILES string of the molecule is NCc1cccc(C2=CN2)c1. The first kappa shape index (κ1) is 6.43. The molecule has 0 aromatic heterocycles. The van der Waals surface area contributed by atoms with Crippen LogP contribution >= 0.6 is 0 Å². The Labute approximate surface area is 65.7 Å². The van der Waals surface area contributed by atoms with E-state index < -0.39 is 0 Å². The van der Waals surface area contributed by atoms with Crippen LogP contribution in [0.2, 0.25) is 0 Å². The molecule has 0 bridgehead atoms. The van der Waals surface area contributed by atoms with Crippen molar-refractivity contribution in [1.29, 1.82) is 0 Å². The standard InChI is InChI=1S/C9H10N2/c10-5-7-2-1-3-8(4-7)9-6-11-9/h1-4,6,11H,5,10H2. The lowest BCUT2D eigenvalue weighted by Crippen LogP contribution is -1.96. The number of rotatable bonds is 2. The van der Waals surface area contributed by atoms with Crippen LogP contribution in [0.25, 0.3) is 5.70 Å². The van der Waals surface area contributed by atoms with Crippen molar-refractivity contribution in [2.24, 2.45) is 5.73 Å². The number of nitrogens with one attached hydrogen (secondary N) is 1.